The van der Waals surface area contributed by atoms with Crippen LogP contribution in [0.2, 0.25) is 0 Å². The summed E-state index contributed by atoms with van der Waals surface area (Å²) in [5.74, 6) is 1.32. The zero-order valence-corrected chi connectivity index (χ0v) is 19.5. The molecule has 0 saturated carbocycles. The Labute approximate surface area is 198 Å². The van der Waals surface area contributed by atoms with Crippen LogP contribution < -0.4 is 16.2 Å². The lowest BCUT2D eigenvalue weighted by Crippen LogP contribution is -2.03. The van der Waals surface area contributed by atoms with Gasteiger partial charge in [0.25, 0.3) is 0 Å². The van der Waals surface area contributed by atoms with Crippen LogP contribution in [0.1, 0.15) is 16.8 Å². The molecule has 2 aromatic heterocycles. The molecule has 0 atom stereocenters. The minimum Gasteiger partial charge on any atom is -0.487 e. The maximum atomic E-state index is 5.95. The van der Waals surface area contributed by atoms with Crippen molar-refractivity contribution in [2.75, 3.05) is 5.73 Å². The molecule has 0 saturated heterocycles. The summed E-state index contributed by atoms with van der Waals surface area (Å²) in [6, 6.07) is 14.2. The summed E-state index contributed by atoms with van der Waals surface area (Å²) < 4.78 is 5.90. The van der Waals surface area contributed by atoms with Gasteiger partial charge in [-0.05, 0) is 47.9 Å². The van der Waals surface area contributed by atoms with Gasteiger partial charge < -0.3 is 16.2 Å². The lowest BCUT2D eigenvalue weighted by atomic mass is 9.99. The number of nitrogen functional groups attached to an aromatic ring is 1. The maximum absolute atomic E-state index is 5.95. The van der Waals surface area contributed by atoms with Crippen molar-refractivity contribution >= 4 is 65.3 Å². The summed E-state index contributed by atoms with van der Waals surface area (Å²) in [5.41, 5.74) is 19.7. The zero-order chi connectivity index (χ0) is 18.8. The SMILES string of the molecule is Cc1cc(N)nc2cc(-c3ccc(OCc4cscn4)c(CN)c3)ccc12.Cl.Cl.Cl. The van der Waals surface area contributed by atoms with E-state index in [0.29, 0.717) is 19.0 Å². The lowest BCUT2D eigenvalue weighted by Gasteiger charge is -2.12. The van der Waals surface area contributed by atoms with Crippen LogP contribution in [0, 0.1) is 6.92 Å². The number of halogens is 3. The fourth-order valence-electron chi connectivity index (χ4n) is 3.13. The molecule has 2 heterocycles. The van der Waals surface area contributed by atoms with E-state index in [4.69, 9.17) is 16.2 Å². The van der Waals surface area contributed by atoms with Gasteiger partial charge in [0.2, 0.25) is 0 Å². The van der Waals surface area contributed by atoms with Crippen LogP contribution in [0.5, 0.6) is 5.75 Å². The highest BCUT2D eigenvalue weighted by molar-refractivity contribution is 7.07. The van der Waals surface area contributed by atoms with Crippen molar-refractivity contribution < 1.29 is 4.74 Å². The summed E-state index contributed by atoms with van der Waals surface area (Å²) in [5, 5.41) is 3.09. The topological polar surface area (TPSA) is 87.0 Å². The molecule has 0 aliphatic heterocycles. The molecule has 0 amide bonds. The Morgan fingerprint density at radius 1 is 1.00 bits per heavy atom. The normalized spacial score (nSPS) is 9.93. The molecule has 0 unspecified atom stereocenters. The minimum atomic E-state index is 0. The number of fused-ring (bicyclic) bond motifs is 1. The van der Waals surface area contributed by atoms with E-state index in [1.807, 2.05) is 30.5 Å². The third-order valence-electron chi connectivity index (χ3n) is 4.51. The average molecular weight is 486 g/mol. The Bertz CT molecular complexity index is 1110. The summed E-state index contributed by atoms with van der Waals surface area (Å²) in [7, 11) is 0. The van der Waals surface area contributed by atoms with Crippen molar-refractivity contribution in [1.82, 2.24) is 9.97 Å². The van der Waals surface area contributed by atoms with E-state index in [-0.39, 0.29) is 37.2 Å². The molecule has 5 nitrogen and oxygen atoms in total. The van der Waals surface area contributed by atoms with Gasteiger partial charge in [0, 0.05) is 22.9 Å². The molecule has 4 N–H and O–H groups in total. The molecule has 0 bridgehead atoms. The number of thiazole rings is 1. The highest BCUT2D eigenvalue weighted by atomic mass is 35.5. The summed E-state index contributed by atoms with van der Waals surface area (Å²) in [6.45, 7) is 2.88. The van der Waals surface area contributed by atoms with Gasteiger partial charge in [-0.15, -0.1) is 48.6 Å². The predicted molar refractivity (Wildman–Crippen MR) is 132 cm³/mol. The van der Waals surface area contributed by atoms with Crippen molar-refractivity contribution in [3.05, 3.63) is 70.2 Å². The molecule has 0 radical (unpaired) electrons. The third-order valence-corrected chi connectivity index (χ3v) is 5.14. The number of pyridine rings is 1. The number of hydrogen-bond donors (Lipinski definition) is 2. The van der Waals surface area contributed by atoms with E-state index in [2.05, 4.69) is 34.2 Å². The average Bonchev–Trinajstić information content (AvgIpc) is 3.19. The molecule has 9 heteroatoms. The summed E-state index contributed by atoms with van der Waals surface area (Å²) in [4.78, 5) is 8.70. The first-order valence-electron chi connectivity index (χ1n) is 8.64. The highest BCUT2D eigenvalue weighted by Crippen LogP contribution is 2.30. The first-order chi connectivity index (χ1) is 13.1. The predicted octanol–water partition coefficient (Wildman–Crippen LogP) is 5.55. The van der Waals surface area contributed by atoms with E-state index in [1.165, 1.54) is 0 Å². The van der Waals surface area contributed by atoms with Crippen molar-refractivity contribution in [2.24, 2.45) is 5.73 Å². The molecule has 0 fully saturated rings. The van der Waals surface area contributed by atoms with E-state index in [1.54, 1.807) is 16.8 Å². The van der Waals surface area contributed by atoms with Crippen molar-refractivity contribution in [3.8, 4) is 16.9 Å². The van der Waals surface area contributed by atoms with Gasteiger partial charge in [0.15, 0.2) is 0 Å². The molecule has 160 valence electrons. The number of benzene rings is 2. The van der Waals surface area contributed by atoms with Gasteiger partial charge in [-0.3, -0.25) is 0 Å². The Balaban J connectivity index is 0.00000150. The molecule has 0 spiro atoms. The first kappa shape index (κ1) is 25.9. The van der Waals surface area contributed by atoms with Gasteiger partial charge in [0.1, 0.15) is 18.2 Å². The fourth-order valence-corrected chi connectivity index (χ4v) is 3.67. The van der Waals surface area contributed by atoms with Crippen LogP contribution >= 0.6 is 48.6 Å². The Morgan fingerprint density at radius 3 is 2.43 bits per heavy atom. The smallest absolute Gasteiger partial charge is 0.131 e. The number of aromatic nitrogens is 2. The second-order valence-electron chi connectivity index (χ2n) is 6.39. The molecular weight excluding hydrogens is 463 g/mol. The van der Waals surface area contributed by atoms with E-state index in [0.717, 1.165) is 44.6 Å². The molecule has 2 aromatic carbocycles. The van der Waals surface area contributed by atoms with Crippen LogP contribution in [0.3, 0.4) is 0 Å². The third kappa shape index (κ3) is 5.53. The van der Waals surface area contributed by atoms with Crippen LogP contribution in [0.25, 0.3) is 22.0 Å². The number of anilines is 1. The van der Waals surface area contributed by atoms with Crippen LogP contribution in [-0.2, 0) is 13.2 Å². The van der Waals surface area contributed by atoms with E-state index >= 15 is 0 Å². The van der Waals surface area contributed by atoms with Crippen molar-refractivity contribution in [3.63, 3.8) is 0 Å². The monoisotopic (exact) mass is 484 g/mol. The summed E-state index contributed by atoms with van der Waals surface area (Å²) in [6.07, 6.45) is 0. The molecule has 4 aromatic rings. The molecule has 30 heavy (non-hydrogen) atoms. The second kappa shape index (κ2) is 11.3. The van der Waals surface area contributed by atoms with Crippen molar-refractivity contribution in [1.29, 1.82) is 0 Å². The molecule has 0 aliphatic rings. The number of nitrogens with zero attached hydrogens (tertiary/aromatic N) is 2. The van der Waals surface area contributed by atoms with Crippen LogP contribution in [-0.4, -0.2) is 9.97 Å². The quantitative estimate of drug-likeness (QED) is 0.387. The summed E-state index contributed by atoms with van der Waals surface area (Å²) >= 11 is 1.56. The first-order valence-corrected chi connectivity index (χ1v) is 9.58. The van der Waals surface area contributed by atoms with Gasteiger partial charge in [-0.2, -0.15) is 0 Å². The largest absolute Gasteiger partial charge is 0.487 e. The minimum absolute atomic E-state index is 0. The second-order valence-corrected chi connectivity index (χ2v) is 7.11. The number of ether oxygens (including phenoxy) is 1. The number of aryl methyl sites for hydroxylation is 1. The molecule has 0 aliphatic carbocycles. The number of nitrogens with two attached hydrogens (primary N) is 2. The molecule has 4 rings (SSSR count). The van der Waals surface area contributed by atoms with Gasteiger partial charge in [-0.25, -0.2) is 9.97 Å². The Hall–Kier alpha value is -2.09. The van der Waals surface area contributed by atoms with Gasteiger partial charge in [-0.1, -0.05) is 18.2 Å². The zero-order valence-electron chi connectivity index (χ0n) is 16.2. The Kier molecular flexibility index (Phi) is 9.81. The van der Waals surface area contributed by atoms with Crippen LogP contribution in [0.15, 0.2) is 53.4 Å². The standard InChI is InChI=1S/C21H20N4OS.3ClH/c1-13-6-21(23)25-19-8-15(2-4-18(13)19)14-3-5-20(16(7-14)9-22)26-10-17-11-27-12-24-17;;;/h2-8,11-12H,9-10,22H2,1H3,(H2,23,25);3*1H. The highest BCUT2D eigenvalue weighted by Gasteiger charge is 2.09. The fraction of sp³-hybridized carbons (Fsp3) is 0.143. The van der Waals surface area contributed by atoms with Gasteiger partial charge >= 0.3 is 0 Å². The number of hydrogen-bond acceptors (Lipinski definition) is 6. The van der Waals surface area contributed by atoms with E-state index < -0.39 is 0 Å². The van der Waals surface area contributed by atoms with Crippen LogP contribution in [0.4, 0.5) is 5.82 Å². The van der Waals surface area contributed by atoms with Crippen molar-refractivity contribution in [2.45, 2.75) is 20.1 Å². The van der Waals surface area contributed by atoms with Gasteiger partial charge in [0.05, 0.1) is 16.7 Å². The van der Waals surface area contributed by atoms with E-state index in [9.17, 15) is 0 Å². The maximum Gasteiger partial charge on any atom is 0.131 e. The Morgan fingerprint density at radius 2 is 1.73 bits per heavy atom. The molecular formula is C21H23Cl3N4OS. The lowest BCUT2D eigenvalue weighted by molar-refractivity contribution is 0.299. The number of rotatable bonds is 5.